The van der Waals surface area contributed by atoms with Crippen molar-refractivity contribution >= 4 is 11.6 Å². The summed E-state index contributed by atoms with van der Waals surface area (Å²) in [4.78, 5) is 4.15. The van der Waals surface area contributed by atoms with Gasteiger partial charge in [-0.15, -0.1) is 0 Å². The Balaban J connectivity index is 2.09. The number of hydrogen-bond acceptors (Lipinski definition) is 3. The van der Waals surface area contributed by atoms with Crippen molar-refractivity contribution in [2.75, 3.05) is 0 Å². The van der Waals surface area contributed by atoms with Gasteiger partial charge in [-0.25, -0.2) is 9.67 Å². The molecule has 0 bridgehead atoms. The van der Waals surface area contributed by atoms with Crippen LogP contribution >= 0.6 is 11.6 Å². The smallest absolute Gasteiger partial charge is 0.164 e. The van der Waals surface area contributed by atoms with E-state index in [1.54, 1.807) is 4.68 Å². The molecule has 0 atom stereocenters. The second-order valence-corrected chi connectivity index (χ2v) is 4.13. The minimum absolute atomic E-state index is 0.398. The highest BCUT2D eigenvalue weighted by atomic mass is 35.5. The zero-order valence-electron chi connectivity index (χ0n) is 9.85. The molecule has 2 rings (SSSR count). The molecular weight excluding hydrogens is 238 g/mol. The van der Waals surface area contributed by atoms with Crippen LogP contribution in [-0.4, -0.2) is 14.8 Å². The van der Waals surface area contributed by atoms with Crippen LogP contribution in [0.5, 0.6) is 5.75 Å². The Kier molecular flexibility index (Phi) is 3.64. The van der Waals surface area contributed by atoms with Gasteiger partial charge in [0, 0.05) is 11.6 Å². The van der Waals surface area contributed by atoms with Gasteiger partial charge < -0.3 is 4.74 Å². The van der Waals surface area contributed by atoms with Crippen molar-refractivity contribution in [2.45, 2.75) is 27.0 Å². The molecule has 0 amide bonds. The van der Waals surface area contributed by atoms with Gasteiger partial charge in [0.15, 0.2) is 5.82 Å². The lowest BCUT2D eigenvalue weighted by Crippen LogP contribution is -2.07. The van der Waals surface area contributed by atoms with E-state index >= 15 is 0 Å². The van der Waals surface area contributed by atoms with Crippen molar-refractivity contribution < 1.29 is 4.74 Å². The number of nitrogens with zero attached hydrogens (tertiary/aromatic N) is 3. The fourth-order valence-corrected chi connectivity index (χ4v) is 1.70. The molecule has 0 fully saturated rings. The first-order valence-electron chi connectivity index (χ1n) is 5.46. The Morgan fingerprint density at radius 3 is 3.00 bits per heavy atom. The van der Waals surface area contributed by atoms with Gasteiger partial charge in [-0.2, -0.15) is 5.10 Å². The van der Waals surface area contributed by atoms with Gasteiger partial charge in [-0.3, -0.25) is 0 Å². The minimum Gasteiger partial charge on any atom is -0.485 e. The topological polar surface area (TPSA) is 39.9 Å². The molecule has 0 saturated heterocycles. The molecule has 1 aromatic carbocycles. The molecule has 0 N–H and O–H groups in total. The van der Waals surface area contributed by atoms with Gasteiger partial charge in [0.1, 0.15) is 18.7 Å². The summed E-state index contributed by atoms with van der Waals surface area (Å²) in [6.07, 6.45) is 1.53. The molecule has 0 unspecified atom stereocenters. The summed E-state index contributed by atoms with van der Waals surface area (Å²) in [5.41, 5.74) is 1.05. The van der Waals surface area contributed by atoms with Crippen LogP contribution in [0.3, 0.4) is 0 Å². The monoisotopic (exact) mass is 251 g/mol. The molecule has 4 nitrogen and oxygen atoms in total. The summed E-state index contributed by atoms with van der Waals surface area (Å²) in [6, 6.07) is 5.59. The fourth-order valence-electron chi connectivity index (χ4n) is 1.54. The predicted molar refractivity (Wildman–Crippen MR) is 66.2 cm³/mol. The molecule has 0 aliphatic carbocycles. The summed E-state index contributed by atoms with van der Waals surface area (Å²) in [5.74, 6) is 1.59. The Morgan fingerprint density at radius 1 is 1.41 bits per heavy atom. The molecule has 1 heterocycles. The number of rotatable bonds is 4. The molecule has 17 heavy (non-hydrogen) atoms. The molecule has 0 aliphatic rings. The van der Waals surface area contributed by atoms with Crippen LogP contribution in [-0.2, 0) is 13.2 Å². The van der Waals surface area contributed by atoms with Crippen LogP contribution < -0.4 is 4.74 Å². The standard InChI is InChI=1S/C12H14ClN3O/c1-3-16-12(14-8-15-16)7-17-11-6-10(13)5-4-9(11)2/h4-6,8H,3,7H2,1-2H3. The number of aromatic nitrogens is 3. The van der Waals surface area contributed by atoms with E-state index < -0.39 is 0 Å². The van der Waals surface area contributed by atoms with Gasteiger partial charge in [0.25, 0.3) is 0 Å². The van der Waals surface area contributed by atoms with E-state index in [9.17, 15) is 0 Å². The average Bonchev–Trinajstić information content (AvgIpc) is 2.77. The summed E-state index contributed by atoms with van der Waals surface area (Å²) in [5, 5.41) is 4.76. The molecule has 5 heteroatoms. The largest absolute Gasteiger partial charge is 0.485 e. The number of benzene rings is 1. The summed E-state index contributed by atoms with van der Waals surface area (Å²) < 4.78 is 7.50. The van der Waals surface area contributed by atoms with Gasteiger partial charge in [-0.05, 0) is 31.5 Å². The summed E-state index contributed by atoms with van der Waals surface area (Å²) in [6.45, 7) is 5.18. The lowest BCUT2D eigenvalue weighted by Gasteiger charge is -2.09. The van der Waals surface area contributed by atoms with Crippen LogP contribution in [0.25, 0.3) is 0 Å². The number of ether oxygens (including phenoxy) is 1. The molecular formula is C12H14ClN3O. The highest BCUT2D eigenvalue weighted by Gasteiger charge is 2.05. The molecule has 90 valence electrons. The molecule has 0 spiro atoms. The van der Waals surface area contributed by atoms with E-state index in [-0.39, 0.29) is 0 Å². The second kappa shape index (κ2) is 5.19. The van der Waals surface area contributed by atoms with Crippen LogP contribution in [0.2, 0.25) is 5.02 Å². The van der Waals surface area contributed by atoms with Crippen molar-refractivity contribution in [3.05, 3.63) is 40.9 Å². The minimum atomic E-state index is 0.398. The maximum absolute atomic E-state index is 5.92. The third kappa shape index (κ3) is 2.77. The maximum Gasteiger partial charge on any atom is 0.164 e. The van der Waals surface area contributed by atoms with Gasteiger partial charge >= 0.3 is 0 Å². The number of hydrogen-bond donors (Lipinski definition) is 0. The van der Waals surface area contributed by atoms with Crippen molar-refractivity contribution in [1.29, 1.82) is 0 Å². The van der Waals surface area contributed by atoms with E-state index in [4.69, 9.17) is 16.3 Å². The van der Waals surface area contributed by atoms with E-state index in [1.807, 2.05) is 32.0 Å². The zero-order valence-corrected chi connectivity index (χ0v) is 10.6. The molecule has 2 aromatic rings. The highest BCUT2D eigenvalue weighted by Crippen LogP contribution is 2.23. The zero-order chi connectivity index (χ0) is 12.3. The lowest BCUT2D eigenvalue weighted by atomic mass is 10.2. The predicted octanol–water partition coefficient (Wildman–Crippen LogP) is 2.84. The van der Waals surface area contributed by atoms with Crippen LogP contribution in [0.4, 0.5) is 0 Å². The number of aryl methyl sites for hydroxylation is 2. The van der Waals surface area contributed by atoms with Gasteiger partial charge in [0.2, 0.25) is 0 Å². The first-order chi connectivity index (χ1) is 8.20. The van der Waals surface area contributed by atoms with E-state index in [0.29, 0.717) is 11.6 Å². The van der Waals surface area contributed by atoms with Crippen LogP contribution in [0.1, 0.15) is 18.3 Å². The Hall–Kier alpha value is -1.55. The van der Waals surface area contributed by atoms with E-state index in [0.717, 1.165) is 23.7 Å². The van der Waals surface area contributed by atoms with Gasteiger partial charge in [0.05, 0.1) is 0 Å². The Morgan fingerprint density at radius 2 is 2.24 bits per heavy atom. The normalized spacial score (nSPS) is 10.5. The maximum atomic E-state index is 5.92. The van der Waals surface area contributed by atoms with Crippen molar-refractivity contribution in [3.63, 3.8) is 0 Å². The van der Waals surface area contributed by atoms with E-state index in [1.165, 1.54) is 6.33 Å². The lowest BCUT2D eigenvalue weighted by molar-refractivity contribution is 0.285. The van der Waals surface area contributed by atoms with Gasteiger partial charge in [-0.1, -0.05) is 17.7 Å². The third-order valence-electron chi connectivity index (χ3n) is 2.50. The van der Waals surface area contributed by atoms with E-state index in [2.05, 4.69) is 10.1 Å². The SMILES string of the molecule is CCn1ncnc1COc1cc(Cl)ccc1C. The molecule has 0 radical (unpaired) electrons. The first kappa shape index (κ1) is 11.9. The quantitative estimate of drug-likeness (QED) is 0.839. The fraction of sp³-hybridized carbons (Fsp3) is 0.333. The number of halogens is 1. The Bertz CT molecular complexity index is 510. The van der Waals surface area contributed by atoms with Crippen LogP contribution in [0, 0.1) is 6.92 Å². The third-order valence-corrected chi connectivity index (χ3v) is 2.74. The van der Waals surface area contributed by atoms with Crippen molar-refractivity contribution in [2.24, 2.45) is 0 Å². The molecule has 1 aromatic heterocycles. The Labute approximate surface area is 105 Å². The first-order valence-corrected chi connectivity index (χ1v) is 5.84. The van der Waals surface area contributed by atoms with Crippen molar-refractivity contribution in [3.8, 4) is 5.75 Å². The second-order valence-electron chi connectivity index (χ2n) is 3.69. The summed E-state index contributed by atoms with van der Waals surface area (Å²) >= 11 is 5.92. The highest BCUT2D eigenvalue weighted by molar-refractivity contribution is 6.30. The molecule has 0 saturated carbocycles. The summed E-state index contributed by atoms with van der Waals surface area (Å²) in [7, 11) is 0. The average molecular weight is 252 g/mol. The van der Waals surface area contributed by atoms with Crippen molar-refractivity contribution in [1.82, 2.24) is 14.8 Å². The molecule has 0 aliphatic heterocycles. The van der Waals surface area contributed by atoms with Crippen LogP contribution in [0.15, 0.2) is 24.5 Å².